The molecular weight excluding hydrogens is 162 g/mol. The van der Waals surface area contributed by atoms with Crippen molar-refractivity contribution in [3.8, 4) is 5.75 Å². The lowest BCUT2D eigenvalue weighted by molar-refractivity contribution is 0.470. The third-order valence-corrected chi connectivity index (χ3v) is 2.38. The molecule has 2 nitrogen and oxygen atoms in total. The van der Waals surface area contributed by atoms with Gasteiger partial charge in [-0.15, -0.1) is 0 Å². The molecule has 1 aromatic rings. The van der Waals surface area contributed by atoms with E-state index in [1.807, 2.05) is 0 Å². The highest BCUT2D eigenvalue weighted by molar-refractivity contribution is 5.67. The highest BCUT2D eigenvalue weighted by Crippen LogP contribution is 2.29. The minimum atomic E-state index is 0.302. The molecule has 1 aliphatic carbocycles. The van der Waals surface area contributed by atoms with Gasteiger partial charge in [0.1, 0.15) is 11.4 Å². The highest BCUT2D eigenvalue weighted by atomic mass is 16.3. The Morgan fingerprint density at radius 2 is 2.23 bits per heavy atom. The molecule has 0 aliphatic heterocycles. The molecule has 0 atom stereocenters. The van der Waals surface area contributed by atoms with Crippen LogP contribution >= 0.6 is 0 Å². The summed E-state index contributed by atoms with van der Waals surface area (Å²) in [7, 11) is 0. The molecule has 0 unspecified atom stereocenters. The average Bonchev–Trinajstić information content (AvgIpc) is 2.20. The fourth-order valence-electron chi connectivity index (χ4n) is 1.70. The van der Waals surface area contributed by atoms with Gasteiger partial charge < -0.3 is 5.11 Å². The smallest absolute Gasteiger partial charge is 0.141 e. The summed E-state index contributed by atoms with van der Waals surface area (Å²) in [6.07, 6.45) is 8.55. The number of rotatable bonds is 1. The standard InChI is InChI=1S/C11H13NO/c13-10-7-4-8-12-11(10)9-5-2-1-3-6-9/h4-5,7-8,13H,1-3,6H2. The Labute approximate surface area is 77.9 Å². The highest BCUT2D eigenvalue weighted by Gasteiger charge is 2.10. The maximum absolute atomic E-state index is 9.56. The first-order chi connectivity index (χ1) is 6.38. The maximum atomic E-state index is 9.56. The molecule has 0 amide bonds. The van der Waals surface area contributed by atoms with Crippen molar-refractivity contribution in [2.75, 3.05) is 0 Å². The topological polar surface area (TPSA) is 33.1 Å². The summed E-state index contributed by atoms with van der Waals surface area (Å²) in [5, 5.41) is 9.56. The van der Waals surface area contributed by atoms with E-state index in [2.05, 4.69) is 11.1 Å². The van der Waals surface area contributed by atoms with E-state index in [1.54, 1.807) is 18.3 Å². The van der Waals surface area contributed by atoms with Crippen LogP contribution in [0.3, 0.4) is 0 Å². The molecule has 1 aromatic heterocycles. The number of pyridine rings is 1. The quantitative estimate of drug-likeness (QED) is 0.711. The summed E-state index contributed by atoms with van der Waals surface area (Å²) in [5.74, 6) is 0.302. The Kier molecular flexibility index (Phi) is 2.30. The van der Waals surface area contributed by atoms with Crippen LogP contribution in [0, 0.1) is 0 Å². The Hall–Kier alpha value is -1.31. The number of hydrogen-bond acceptors (Lipinski definition) is 2. The molecule has 2 heteroatoms. The van der Waals surface area contributed by atoms with E-state index in [0.29, 0.717) is 5.75 Å². The van der Waals surface area contributed by atoms with Crippen LogP contribution in [0.25, 0.3) is 5.57 Å². The van der Waals surface area contributed by atoms with Crippen molar-refractivity contribution in [3.05, 3.63) is 30.1 Å². The Balaban J connectivity index is 2.34. The lowest BCUT2D eigenvalue weighted by atomic mass is 9.96. The van der Waals surface area contributed by atoms with Crippen molar-refractivity contribution in [2.45, 2.75) is 25.7 Å². The number of aromatic nitrogens is 1. The molecule has 0 aromatic carbocycles. The van der Waals surface area contributed by atoms with Gasteiger partial charge in [-0.2, -0.15) is 0 Å². The summed E-state index contributed by atoms with van der Waals surface area (Å²) in [5.41, 5.74) is 1.96. The summed E-state index contributed by atoms with van der Waals surface area (Å²) >= 11 is 0. The predicted octanol–water partition coefficient (Wildman–Crippen LogP) is 2.74. The minimum absolute atomic E-state index is 0.302. The molecule has 0 bridgehead atoms. The first-order valence-corrected chi connectivity index (χ1v) is 4.71. The zero-order valence-corrected chi connectivity index (χ0v) is 7.53. The van der Waals surface area contributed by atoms with Crippen LogP contribution in [-0.2, 0) is 0 Å². The lowest BCUT2D eigenvalue weighted by Gasteiger charge is -2.12. The summed E-state index contributed by atoms with van der Waals surface area (Å²) < 4.78 is 0. The molecule has 13 heavy (non-hydrogen) atoms. The van der Waals surface area contributed by atoms with Gasteiger partial charge >= 0.3 is 0 Å². The van der Waals surface area contributed by atoms with Gasteiger partial charge in [-0.3, -0.25) is 4.98 Å². The van der Waals surface area contributed by atoms with Crippen LogP contribution in [0.2, 0.25) is 0 Å². The van der Waals surface area contributed by atoms with Gasteiger partial charge in [0.2, 0.25) is 0 Å². The van der Waals surface area contributed by atoms with Crippen molar-refractivity contribution in [2.24, 2.45) is 0 Å². The molecule has 0 saturated carbocycles. The fraction of sp³-hybridized carbons (Fsp3) is 0.364. The maximum Gasteiger partial charge on any atom is 0.141 e. The summed E-state index contributed by atoms with van der Waals surface area (Å²) in [6, 6.07) is 3.44. The fourth-order valence-corrected chi connectivity index (χ4v) is 1.70. The molecular formula is C11H13NO. The lowest BCUT2D eigenvalue weighted by Crippen LogP contribution is -1.94. The van der Waals surface area contributed by atoms with E-state index in [-0.39, 0.29) is 0 Å². The van der Waals surface area contributed by atoms with Gasteiger partial charge in [-0.1, -0.05) is 6.08 Å². The van der Waals surface area contributed by atoms with Crippen LogP contribution in [0.15, 0.2) is 24.4 Å². The van der Waals surface area contributed by atoms with Crippen LogP contribution in [0.5, 0.6) is 5.75 Å². The molecule has 2 rings (SSSR count). The third-order valence-electron chi connectivity index (χ3n) is 2.38. The molecule has 0 saturated heterocycles. The van der Waals surface area contributed by atoms with Crippen molar-refractivity contribution in [1.82, 2.24) is 4.98 Å². The van der Waals surface area contributed by atoms with E-state index in [1.165, 1.54) is 18.4 Å². The zero-order valence-electron chi connectivity index (χ0n) is 7.53. The second kappa shape index (κ2) is 3.60. The average molecular weight is 175 g/mol. The first kappa shape index (κ1) is 8.30. The van der Waals surface area contributed by atoms with Crippen molar-refractivity contribution < 1.29 is 5.11 Å². The van der Waals surface area contributed by atoms with E-state index >= 15 is 0 Å². The Morgan fingerprint density at radius 1 is 1.31 bits per heavy atom. The van der Waals surface area contributed by atoms with Crippen molar-refractivity contribution in [3.63, 3.8) is 0 Å². The second-order valence-corrected chi connectivity index (χ2v) is 3.35. The van der Waals surface area contributed by atoms with Gasteiger partial charge in [0.15, 0.2) is 0 Å². The van der Waals surface area contributed by atoms with Crippen molar-refractivity contribution >= 4 is 5.57 Å². The molecule has 0 fully saturated rings. The monoisotopic (exact) mass is 175 g/mol. The van der Waals surface area contributed by atoms with E-state index < -0.39 is 0 Å². The van der Waals surface area contributed by atoms with Gasteiger partial charge in [0.25, 0.3) is 0 Å². The second-order valence-electron chi connectivity index (χ2n) is 3.35. The number of hydrogen-bond donors (Lipinski definition) is 1. The molecule has 1 heterocycles. The van der Waals surface area contributed by atoms with Crippen LogP contribution in [-0.4, -0.2) is 10.1 Å². The Bertz CT molecular complexity index is 331. The van der Waals surface area contributed by atoms with E-state index in [9.17, 15) is 5.11 Å². The molecule has 68 valence electrons. The molecule has 1 aliphatic rings. The third kappa shape index (κ3) is 1.72. The normalized spacial score (nSPS) is 16.8. The van der Waals surface area contributed by atoms with Gasteiger partial charge in [-0.05, 0) is 43.4 Å². The van der Waals surface area contributed by atoms with E-state index in [0.717, 1.165) is 18.5 Å². The van der Waals surface area contributed by atoms with Crippen molar-refractivity contribution in [1.29, 1.82) is 0 Å². The van der Waals surface area contributed by atoms with Crippen LogP contribution < -0.4 is 0 Å². The van der Waals surface area contributed by atoms with Crippen LogP contribution in [0.4, 0.5) is 0 Å². The summed E-state index contributed by atoms with van der Waals surface area (Å²) in [4.78, 5) is 4.18. The van der Waals surface area contributed by atoms with Gasteiger partial charge in [0.05, 0.1) is 0 Å². The molecule has 0 spiro atoms. The first-order valence-electron chi connectivity index (χ1n) is 4.71. The predicted molar refractivity (Wildman–Crippen MR) is 52.3 cm³/mol. The van der Waals surface area contributed by atoms with E-state index in [4.69, 9.17) is 0 Å². The zero-order chi connectivity index (χ0) is 9.10. The number of aromatic hydroxyl groups is 1. The molecule has 0 radical (unpaired) electrons. The number of allylic oxidation sites excluding steroid dienone is 2. The Morgan fingerprint density at radius 3 is 2.92 bits per heavy atom. The van der Waals surface area contributed by atoms with Gasteiger partial charge in [-0.25, -0.2) is 0 Å². The SMILES string of the molecule is Oc1cccnc1C1=CCCCC1. The minimum Gasteiger partial charge on any atom is -0.506 e. The largest absolute Gasteiger partial charge is 0.506 e. The summed E-state index contributed by atoms with van der Waals surface area (Å²) in [6.45, 7) is 0. The van der Waals surface area contributed by atoms with Crippen LogP contribution in [0.1, 0.15) is 31.4 Å². The number of nitrogens with zero attached hydrogens (tertiary/aromatic N) is 1. The molecule has 1 N–H and O–H groups in total. The van der Waals surface area contributed by atoms with Gasteiger partial charge in [0, 0.05) is 6.20 Å².